The Labute approximate surface area is 108 Å². The number of nitrogens with two attached hydrogens (primary N) is 1. The normalized spacial score (nSPS) is 17.7. The molecule has 5 nitrogen and oxygen atoms in total. The summed E-state index contributed by atoms with van der Waals surface area (Å²) in [7, 11) is 0. The van der Waals surface area contributed by atoms with Gasteiger partial charge in [-0.25, -0.2) is 0 Å². The summed E-state index contributed by atoms with van der Waals surface area (Å²) in [6, 6.07) is 1.72. The summed E-state index contributed by atoms with van der Waals surface area (Å²) in [5.41, 5.74) is 6.17. The molecule has 1 fully saturated rings. The Hall–Kier alpha value is -1.33. The van der Waals surface area contributed by atoms with Gasteiger partial charge in [-0.15, -0.1) is 0 Å². The van der Waals surface area contributed by atoms with Crippen molar-refractivity contribution in [2.24, 2.45) is 5.73 Å². The highest BCUT2D eigenvalue weighted by Crippen LogP contribution is 2.09. The SMILES string of the molecule is NCCCN1CCCN(C(=O)c2ccoc2)CC1. The van der Waals surface area contributed by atoms with Crippen LogP contribution < -0.4 is 5.73 Å². The first kappa shape index (κ1) is 13.1. The third kappa shape index (κ3) is 3.34. The van der Waals surface area contributed by atoms with E-state index in [0.29, 0.717) is 5.56 Å². The third-order valence-electron chi connectivity index (χ3n) is 3.32. The lowest BCUT2D eigenvalue weighted by Crippen LogP contribution is -2.35. The minimum Gasteiger partial charge on any atom is -0.472 e. The van der Waals surface area contributed by atoms with Gasteiger partial charge in [0.05, 0.1) is 11.8 Å². The molecule has 100 valence electrons. The molecule has 1 aromatic heterocycles. The van der Waals surface area contributed by atoms with E-state index >= 15 is 0 Å². The molecular weight excluding hydrogens is 230 g/mol. The Morgan fingerprint density at radius 3 is 2.94 bits per heavy atom. The van der Waals surface area contributed by atoms with Crippen LogP contribution in [0.3, 0.4) is 0 Å². The zero-order valence-corrected chi connectivity index (χ0v) is 10.7. The van der Waals surface area contributed by atoms with Crippen molar-refractivity contribution in [1.82, 2.24) is 9.80 Å². The van der Waals surface area contributed by atoms with Crippen molar-refractivity contribution in [2.75, 3.05) is 39.3 Å². The number of hydrogen-bond acceptors (Lipinski definition) is 4. The molecule has 1 amide bonds. The Balaban J connectivity index is 1.87. The molecule has 0 aliphatic carbocycles. The molecule has 2 N–H and O–H groups in total. The van der Waals surface area contributed by atoms with E-state index in [9.17, 15) is 4.79 Å². The lowest BCUT2D eigenvalue weighted by molar-refractivity contribution is 0.0760. The van der Waals surface area contributed by atoms with E-state index in [0.717, 1.165) is 52.1 Å². The molecular formula is C13H21N3O2. The topological polar surface area (TPSA) is 62.7 Å². The van der Waals surface area contributed by atoms with Crippen molar-refractivity contribution < 1.29 is 9.21 Å². The van der Waals surface area contributed by atoms with Gasteiger partial charge in [0.2, 0.25) is 0 Å². The summed E-state index contributed by atoms with van der Waals surface area (Å²) in [6.45, 7) is 5.36. The average molecular weight is 251 g/mol. The van der Waals surface area contributed by atoms with E-state index in [4.69, 9.17) is 10.2 Å². The third-order valence-corrected chi connectivity index (χ3v) is 3.32. The Morgan fingerprint density at radius 1 is 1.33 bits per heavy atom. The quantitative estimate of drug-likeness (QED) is 0.859. The monoisotopic (exact) mass is 251 g/mol. The van der Waals surface area contributed by atoms with Gasteiger partial charge in [-0.1, -0.05) is 0 Å². The second-order valence-corrected chi connectivity index (χ2v) is 4.64. The van der Waals surface area contributed by atoms with Crippen LogP contribution in [-0.4, -0.2) is 55.0 Å². The zero-order valence-electron chi connectivity index (χ0n) is 10.7. The standard InChI is InChI=1S/C13H21N3O2/c14-4-1-5-15-6-2-7-16(9-8-15)13(17)12-3-10-18-11-12/h3,10-11H,1-2,4-9,14H2. The Bertz CT molecular complexity index is 364. The molecule has 5 heteroatoms. The van der Waals surface area contributed by atoms with Crippen molar-refractivity contribution in [2.45, 2.75) is 12.8 Å². The molecule has 1 aliphatic rings. The van der Waals surface area contributed by atoms with Gasteiger partial charge in [-0.2, -0.15) is 0 Å². The van der Waals surface area contributed by atoms with Gasteiger partial charge in [0.1, 0.15) is 6.26 Å². The molecule has 0 bridgehead atoms. The van der Waals surface area contributed by atoms with Crippen LogP contribution in [0.4, 0.5) is 0 Å². The average Bonchev–Trinajstić information content (AvgIpc) is 2.82. The first-order valence-corrected chi connectivity index (χ1v) is 6.55. The van der Waals surface area contributed by atoms with Crippen LogP contribution in [0, 0.1) is 0 Å². The van der Waals surface area contributed by atoms with Crippen molar-refractivity contribution >= 4 is 5.91 Å². The van der Waals surface area contributed by atoms with Gasteiger partial charge in [0, 0.05) is 19.6 Å². The summed E-state index contributed by atoms with van der Waals surface area (Å²) in [5.74, 6) is 0.0735. The highest BCUT2D eigenvalue weighted by molar-refractivity contribution is 5.93. The minimum atomic E-state index is 0.0735. The van der Waals surface area contributed by atoms with Crippen LogP contribution in [0.1, 0.15) is 23.2 Å². The second kappa shape index (κ2) is 6.56. The predicted octanol–water partition coefficient (Wildman–Crippen LogP) is 0.776. The van der Waals surface area contributed by atoms with Crippen LogP contribution in [0.5, 0.6) is 0 Å². The van der Waals surface area contributed by atoms with E-state index in [1.165, 1.54) is 6.26 Å². The molecule has 1 aromatic rings. The van der Waals surface area contributed by atoms with Crippen LogP contribution in [0.2, 0.25) is 0 Å². The van der Waals surface area contributed by atoms with Crippen LogP contribution >= 0.6 is 0 Å². The van der Waals surface area contributed by atoms with Crippen molar-refractivity contribution in [3.8, 4) is 0 Å². The van der Waals surface area contributed by atoms with E-state index in [-0.39, 0.29) is 5.91 Å². The molecule has 0 unspecified atom stereocenters. The zero-order chi connectivity index (χ0) is 12.8. The summed E-state index contributed by atoms with van der Waals surface area (Å²) >= 11 is 0. The maximum atomic E-state index is 12.2. The number of nitrogens with zero attached hydrogens (tertiary/aromatic N) is 2. The van der Waals surface area contributed by atoms with Gasteiger partial charge in [0.25, 0.3) is 5.91 Å². The number of hydrogen-bond donors (Lipinski definition) is 1. The highest BCUT2D eigenvalue weighted by Gasteiger charge is 2.20. The number of furan rings is 1. The summed E-state index contributed by atoms with van der Waals surface area (Å²) < 4.78 is 4.96. The number of carbonyl (C=O) groups is 1. The summed E-state index contributed by atoms with van der Waals surface area (Å²) in [6.07, 6.45) is 5.10. The molecule has 0 aromatic carbocycles. The number of amides is 1. The number of rotatable bonds is 4. The molecule has 1 saturated heterocycles. The molecule has 2 rings (SSSR count). The molecule has 0 spiro atoms. The van der Waals surface area contributed by atoms with Gasteiger partial charge in [0.15, 0.2) is 0 Å². The Morgan fingerprint density at radius 2 is 2.22 bits per heavy atom. The van der Waals surface area contributed by atoms with Crippen molar-refractivity contribution in [3.05, 3.63) is 24.2 Å². The van der Waals surface area contributed by atoms with Crippen molar-refractivity contribution in [3.63, 3.8) is 0 Å². The lowest BCUT2D eigenvalue weighted by atomic mass is 10.3. The minimum absolute atomic E-state index is 0.0735. The fourth-order valence-corrected chi connectivity index (χ4v) is 2.28. The fraction of sp³-hybridized carbons (Fsp3) is 0.615. The molecule has 0 radical (unpaired) electrons. The van der Waals surface area contributed by atoms with E-state index in [1.54, 1.807) is 12.3 Å². The van der Waals surface area contributed by atoms with Gasteiger partial charge < -0.3 is 20.0 Å². The first-order chi connectivity index (χ1) is 8.81. The summed E-state index contributed by atoms with van der Waals surface area (Å²) in [4.78, 5) is 16.5. The van der Waals surface area contributed by atoms with Crippen molar-refractivity contribution in [1.29, 1.82) is 0 Å². The maximum absolute atomic E-state index is 12.2. The van der Waals surface area contributed by atoms with Gasteiger partial charge in [-0.05, 0) is 38.5 Å². The Kier molecular flexibility index (Phi) is 4.78. The molecule has 2 heterocycles. The molecule has 0 atom stereocenters. The smallest absolute Gasteiger partial charge is 0.257 e. The van der Waals surface area contributed by atoms with Gasteiger partial charge >= 0.3 is 0 Å². The fourth-order valence-electron chi connectivity index (χ4n) is 2.28. The second-order valence-electron chi connectivity index (χ2n) is 4.64. The predicted molar refractivity (Wildman–Crippen MR) is 69.3 cm³/mol. The maximum Gasteiger partial charge on any atom is 0.257 e. The van der Waals surface area contributed by atoms with Crippen LogP contribution in [-0.2, 0) is 0 Å². The van der Waals surface area contributed by atoms with Crippen LogP contribution in [0.15, 0.2) is 23.0 Å². The lowest BCUT2D eigenvalue weighted by Gasteiger charge is -2.21. The molecule has 0 saturated carbocycles. The molecule has 18 heavy (non-hydrogen) atoms. The molecule has 1 aliphatic heterocycles. The van der Waals surface area contributed by atoms with E-state index in [2.05, 4.69) is 4.90 Å². The van der Waals surface area contributed by atoms with E-state index in [1.807, 2.05) is 4.90 Å². The van der Waals surface area contributed by atoms with E-state index < -0.39 is 0 Å². The number of carbonyl (C=O) groups excluding carboxylic acids is 1. The summed E-state index contributed by atoms with van der Waals surface area (Å²) in [5, 5.41) is 0. The van der Waals surface area contributed by atoms with Crippen LogP contribution in [0.25, 0.3) is 0 Å². The largest absolute Gasteiger partial charge is 0.472 e. The highest BCUT2D eigenvalue weighted by atomic mass is 16.3. The van der Waals surface area contributed by atoms with Gasteiger partial charge in [-0.3, -0.25) is 4.79 Å². The first-order valence-electron chi connectivity index (χ1n) is 6.55.